The molecule has 0 saturated carbocycles. The lowest BCUT2D eigenvalue weighted by molar-refractivity contribution is -0.155. The lowest BCUT2D eigenvalue weighted by Gasteiger charge is -2.21. The van der Waals surface area contributed by atoms with Gasteiger partial charge in [0.15, 0.2) is 5.75 Å². The maximum Gasteiger partial charge on any atom is 0.259 e. The molecule has 0 bridgehead atoms. The van der Waals surface area contributed by atoms with Gasteiger partial charge in [0.05, 0.1) is 13.0 Å². The van der Waals surface area contributed by atoms with E-state index in [9.17, 15) is 4.79 Å². The van der Waals surface area contributed by atoms with Crippen LogP contribution in [0, 0.1) is 6.92 Å². The zero-order valence-corrected chi connectivity index (χ0v) is 13.1. The third kappa shape index (κ3) is 3.48. The number of amides is 1. The highest BCUT2D eigenvalue weighted by atomic mass is 16.7. The van der Waals surface area contributed by atoms with Gasteiger partial charge in [-0.3, -0.25) is 4.79 Å². The molecular weight excluding hydrogens is 292 g/mol. The number of rotatable bonds is 5. The number of nitrogens with one attached hydrogen (secondary N) is 1. The standard InChI is InChI=1S/C17H18N4O2/c1-3-21(23-14-6-4-5-12(2)9-14)17(22)11-13-7-8-15-16(10-13)19-20-18-15/h4-10H,3,11H2,1-2H3,(H,18,19,20). The minimum Gasteiger partial charge on any atom is -0.377 e. The Labute approximate surface area is 134 Å². The fourth-order valence-electron chi connectivity index (χ4n) is 2.35. The summed E-state index contributed by atoms with van der Waals surface area (Å²) in [5.41, 5.74) is 3.49. The Bertz CT molecular complexity index is 828. The van der Waals surface area contributed by atoms with Crippen LogP contribution < -0.4 is 4.84 Å². The van der Waals surface area contributed by atoms with Crippen molar-refractivity contribution in [2.45, 2.75) is 20.3 Å². The highest BCUT2D eigenvalue weighted by molar-refractivity contribution is 5.80. The first-order chi connectivity index (χ1) is 11.2. The van der Waals surface area contributed by atoms with Crippen LogP contribution in [0.15, 0.2) is 42.5 Å². The molecule has 2 aromatic carbocycles. The summed E-state index contributed by atoms with van der Waals surface area (Å²) in [6.07, 6.45) is 0.252. The number of carbonyl (C=O) groups is 1. The fraction of sp³-hybridized carbons (Fsp3) is 0.235. The van der Waals surface area contributed by atoms with Gasteiger partial charge in [0.25, 0.3) is 5.91 Å². The van der Waals surface area contributed by atoms with Crippen LogP contribution in [0.5, 0.6) is 5.75 Å². The highest BCUT2D eigenvalue weighted by Gasteiger charge is 2.15. The number of H-pyrrole nitrogens is 1. The van der Waals surface area contributed by atoms with Gasteiger partial charge in [-0.25, -0.2) is 0 Å². The number of hydrogen-bond acceptors (Lipinski definition) is 4. The predicted molar refractivity (Wildman–Crippen MR) is 86.8 cm³/mol. The summed E-state index contributed by atoms with van der Waals surface area (Å²) in [5.74, 6) is 0.559. The average Bonchev–Trinajstić information content (AvgIpc) is 3.00. The van der Waals surface area contributed by atoms with Crippen molar-refractivity contribution in [3.63, 3.8) is 0 Å². The van der Waals surface area contributed by atoms with Crippen molar-refractivity contribution in [2.75, 3.05) is 6.54 Å². The number of aromatic nitrogens is 3. The van der Waals surface area contributed by atoms with E-state index in [4.69, 9.17) is 4.84 Å². The summed E-state index contributed by atoms with van der Waals surface area (Å²) in [6, 6.07) is 13.2. The summed E-state index contributed by atoms with van der Waals surface area (Å²) in [7, 11) is 0. The van der Waals surface area contributed by atoms with Crippen molar-refractivity contribution < 1.29 is 9.63 Å². The Kier molecular flexibility index (Phi) is 4.23. The topological polar surface area (TPSA) is 71.1 Å². The number of carbonyl (C=O) groups excluding carboxylic acids is 1. The minimum atomic E-state index is -0.100. The molecule has 0 unspecified atom stereocenters. The number of aromatic amines is 1. The first kappa shape index (κ1) is 15.0. The largest absolute Gasteiger partial charge is 0.377 e. The number of likely N-dealkylation sites (N-methyl/N-ethyl adjacent to an activating group) is 1. The van der Waals surface area contributed by atoms with E-state index in [2.05, 4.69) is 15.4 Å². The van der Waals surface area contributed by atoms with Crippen molar-refractivity contribution in [2.24, 2.45) is 0 Å². The Morgan fingerprint density at radius 1 is 1.17 bits per heavy atom. The molecule has 0 aliphatic rings. The van der Waals surface area contributed by atoms with E-state index in [1.807, 2.05) is 56.3 Å². The van der Waals surface area contributed by atoms with E-state index in [1.54, 1.807) is 0 Å². The smallest absolute Gasteiger partial charge is 0.259 e. The minimum absolute atomic E-state index is 0.100. The van der Waals surface area contributed by atoms with Crippen LogP contribution >= 0.6 is 0 Å². The van der Waals surface area contributed by atoms with Gasteiger partial charge < -0.3 is 4.84 Å². The van der Waals surface area contributed by atoms with Gasteiger partial charge in [-0.2, -0.15) is 20.5 Å². The van der Waals surface area contributed by atoms with Crippen molar-refractivity contribution >= 4 is 16.9 Å². The van der Waals surface area contributed by atoms with Gasteiger partial charge >= 0.3 is 0 Å². The molecule has 0 aliphatic heterocycles. The summed E-state index contributed by atoms with van der Waals surface area (Å²) >= 11 is 0. The summed E-state index contributed by atoms with van der Waals surface area (Å²) < 4.78 is 0. The molecule has 1 heterocycles. The van der Waals surface area contributed by atoms with E-state index < -0.39 is 0 Å². The number of aryl methyl sites for hydroxylation is 1. The van der Waals surface area contributed by atoms with Crippen LogP contribution in [-0.4, -0.2) is 32.9 Å². The number of fused-ring (bicyclic) bond motifs is 1. The number of hydroxylamine groups is 2. The second-order valence-corrected chi connectivity index (χ2v) is 5.32. The molecule has 0 aliphatic carbocycles. The number of benzene rings is 2. The molecule has 0 atom stereocenters. The highest BCUT2D eigenvalue weighted by Crippen LogP contribution is 2.16. The van der Waals surface area contributed by atoms with Crippen molar-refractivity contribution in [1.82, 2.24) is 20.5 Å². The Balaban J connectivity index is 1.71. The molecule has 3 rings (SSSR count). The Morgan fingerprint density at radius 3 is 2.78 bits per heavy atom. The molecule has 23 heavy (non-hydrogen) atoms. The monoisotopic (exact) mass is 310 g/mol. The quantitative estimate of drug-likeness (QED) is 0.735. The SMILES string of the molecule is CCN(Oc1cccc(C)c1)C(=O)Cc1ccc2n[nH]nc2c1. The van der Waals surface area contributed by atoms with Crippen molar-refractivity contribution in [3.05, 3.63) is 53.6 Å². The Morgan fingerprint density at radius 2 is 2.00 bits per heavy atom. The van der Waals surface area contributed by atoms with Gasteiger partial charge in [0.1, 0.15) is 11.0 Å². The number of hydrogen-bond donors (Lipinski definition) is 1. The molecule has 0 radical (unpaired) electrons. The lowest BCUT2D eigenvalue weighted by Crippen LogP contribution is -2.35. The summed E-state index contributed by atoms with van der Waals surface area (Å²) in [5, 5.41) is 12.0. The zero-order valence-electron chi connectivity index (χ0n) is 13.1. The third-order valence-electron chi connectivity index (χ3n) is 3.51. The molecule has 0 fully saturated rings. The van der Waals surface area contributed by atoms with Crippen LogP contribution in [0.4, 0.5) is 0 Å². The maximum absolute atomic E-state index is 12.5. The van der Waals surface area contributed by atoms with Gasteiger partial charge in [-0.15, -0.1) is 0 Å². The molecule has 3 aromatic rings. The maximum atomic E-state index is 12.5. The lowest BCUT2D eigenvalue weighted by atomic mass is 10.1. The fourth-order valence-corrected chi connectivity index (χ4v) is 2.35. The second kappa shape index (κ2) is 6.48. The first-order valence-electron chi connectivity index (χ1n) is 7.50. The molecule has 0 saturated heterocycles. The van der Waals surface area contributed by atoms with Gasteiger partial charge in [0.2, 0.25) is 0 Å². The normalized spacial score (nSPS) is 10.7. The molecule has 1 N–H and O–H groups in total. The zero-order chi connectivity index (χ0) is 16.2. The van der Waals surface area contributed by atoms with Crippen molar-refractivity contribution in [3.8, 4) is 5.75 Å². The van der Waals surface area contributed by atoms with E-state index >= 15 is 0 Å². The van der Waals surface area contributed by atoms with E-state index in [-0.39, 0.29) is 12.3 Å². The molecule has 1 amide bonds. The van der Waals surface area contributed by atoms with Crippen LogP contribution in [0.3, 0.4) is 0 Å². The van der Waals surface area contributed by atoms with Crippen molar-refractivity contribution in [1.29, 1.82) is 0 Å². The molecule has 6 nitrogen and oxygen atoms in total. The van der Waals surface area contributed by atoms with Crippen LogP contribution in [0.2, 0.25) is 0 Å². The van der Waals surface area contributed by atoms with Crippen LogP contribution in [-0.2, 0) is 11.2 Å². The summed E-state index contributed by atoms with van der Waals surface area (Å²) in [6.45, 7) is 4.34. The van der Waals surface area contributed by atoms with E-state index in [1.165, 1.54) is 5.06 Å². The van der Waals surface area contributed by atoms with Crippen LogP contribution in [0.25, 0.3) is 11.0 Å². The molecular formula is C17H18N4O2. The first-order valence-corrected chi connectivity index (χ1v) is 7.50. The predicted octanol–water partition coefficient (Wildman–Crippen LogP) is 2.65. The molecule has 0 spiro atoms. The van der Waals surface area contributed by atoms with Gasteiger partial charge in [-0.05, 0) is 49.2 Å². The molecule has 6 heteroatoms. The Hall–Kier alpha value is -2.89. The average molecular weight is 310 g/mol. The molecule has 1 aromatic heterocycles. The molecule has 118 valence electrons. The third-order valence-corrected chi connectivity index (χ3v) is 3.51. The summed E-state index contributed by atoms with van der Waals surface area (Å²) in [4.78, 5) is 18.2. The second-order valence-electron chi connectivity index (χ2n) is 5.32. The number of nitrogens with zero attached hydrogens (tertiary/aromatic N) is 3. The van der Waals surface area contributed by atoms with Gasteiger partial charge in [-0.1, -0.05) is 18.2 Å². The van der Waals surface area contributed by atoms with Gasteiger partial charge in [0, 0.05) is 0 Å². The van der Waals surface area contributed by atoms with E-state index in [0.717, 1.165) is 22.2 Å². The van der Waals surface area contributed by atoms with Crippen LogP contribution in [0.1, 0.15) is 18.1 Å². The van der Waals surface area contributed by atoms with E-state index in [0.29, 0.717) is 12.3 Å².